The molecule has 10 nitrogen and oxygen atoms in total. The Balaban J connectivity index is 0.000000597. The molecule has 0 bridgehead atoms. The first-order valence-corrected chi connectivity index (χ1v) is 12.3. The summed E-state index contributed by atoms with van der Waals surface area (Å²) in [6.45, 7) is 0. The standard InChI is InChI=1S/2C10H13N3O2S.ClH.Ru/c1-11-10(16)13-12-6-7-4-3-5-8(15-2)9(7)14;1-11-10(16)13-12-6-7-4-3-5-8(14)9(7)15-2;;/h2*3-6,14H,1-2H3,(H2,11,13,16);1H;/q;;;+1/p-1/b2*12-6+;;. The normalized spacial score (nSPS) is 9.71. The van der Waals surface area contributed by atoms with Crippen LogP contribution in [0.3, 0.4) is 0 Å². The topological polar surface area (TPSA) is 132 Å². The van der Waals surface area contributed by atoms with E-state index in [0.29, 0.717) is 32.9 Å². The third kappa shape index (κ3) is 11.4. The third-order valence-electron chi connectivity index (χ3n) is 3.67. The average Bonchev–Trinajstić information content (AvgIpc) is 2.86. The summed E-state index contributed by atoms with van der Waals surface area (Å²) in [6, 6.07) is 10.2. The van der Waals surface area contributed by atoms with Crippen molar-refractivity contribution >= 4 is 56.8 Å². The van der Waals surface area contributed by atoms with E-state index in [1.807, 2.05) is 17.3 Å². The number of nitrogens with one attached hydrogen (secondary N) is 4. The monoisotopic (exact) mass is 615 g/mol. The van der Waals surface area contributed by atoms with Crippen LogP contribution in [0.15, 0.2) is 46.6 Å². The summed E-state index contributed by atoms with van der Waals surface area (Å²) < 4.78 is 10.0. The predicted octanol–water partition coefficient (Wildman–Crippen LogP) is 2.34. The van der Waals surface area contributed by atoms with Gasteiger partial charge in [-0.15, -0.1) is 0 Å². The second kappa shape index (κ2) is 18.7. The van der Waals surface area contributed by atoms with Crippen LogP contribution in [-0.4, -0.2) is 61.2 Å². The Labute approximate surface area is 223 Å². The molecule has 0 unspecified atom stereocenters. The van der Waals surface area contributed by atoms with Crippen LogP contribution < -0.4 is 31.0 Å². The molecule has 0 aliphatic heterocycles. The number of hydrazone groups is 2. The number of rotatable bonds is 6. The summed E-state index contributed by atoms with van der Waals surface area (Å²) in [7, 11) is 10.9. The molecule has 0 saturated heterocycles. The van der Waals surface area contributed by atoms with Crippen molar-refractivity contribution in [1.82, 2.24) is 21.5 Å². The van der Waals surface area contributed by atoms with Gasteiger partial charge in [-0.05, 0) is 48.7 Å². The van der Waals surface area contributed by atoms with E-state index in [-0.39, 0.29) is 11.5 Å². The number of halogens is 1. The van der Waals surface area contributed by atoms with Gasteiger partial charge in [0.05, 0.1) is 26.6 Å². The molecule has 0 spiro atoms. The Morgan fingerprint density at radius 1 is 0.882 bits per heavy atom. The summed E-state index contributed by atoms with van der Waals surface area (Å²) >= 11 is 11.5. The molecule has 187 valence electrons. The number of ether oxygens (including phenoxy) is 2. The quantitative estimate of drug-likeness (QED) is 0.125. The second-order valence-electron chi connectivity index (χ2n) is 5.70. The summed E-state index contributed by atoms with van der Waals surface area (Å²) in [5, 5.41) is 33.2. The number of phenolic OH excluding ortho intramolecular Hbond substituents is 2. The zero-order valence-corrected chi connectivity index (χ0v) is 22.9. The molecule has 0 aromatic heterocycles. The van der Waals surface area contributed by atoms with Crippen molar-refractivity contribution in [3.05, 3.63) is 47.5 Å². The predicted molar refractivity (Wildman–Crippen MR) is 140 cm³/mol. The van der Waals surface area contributed by atoms with Crippen LogP contribution in [-0.2, 0) is 17.3 Å². The second-order valence-corrected chi connectivity index (χ2v) is 6.51. The van der Waals surface area contributed by atoms with Crippen LogP contribution in [0.25, 0.3) is 0 Å². The van der Waals surface area contributed by atoms with Crippen LogP contribution >= 0.6 is 34.1 Å². The molecule has 34 heavy (non-hydrogen) atoms. The van der Waals surface area contributed by atoms with E-state index < -0.39 is 0 Å². The van der Waals surface area contributed by atoms with Crippen molar-refractivity contribution in [3.63, 3.8) is 0 Å². The molecule has 6 N–H and O–H groups in total. The Bertz CT molecular complexity index is 982. The Kier molecular flexibility index (Phi) is 17.2. The van der Waals surface area contributed by atoms with Gasteiger partial charge in [0.15, 0.2) is 33.2 Å². The van der Waals surface area contributed by atoms with E-state index in [0.717, 1.165) is 0 Å². The SMILES string of the molecule is CNC(=S)N/N=C/c1cccc(O)c1OC.CNC(=S)N/N=C/c1cccc(OC)c1O.[Cl][Ru]. The molecule has 2 aromatic rings. The first-order valence-electron chi connectivity index (χ1n) is 9.24. The number of hydrogen-bond acceptors (Lipinski definition) is 8. The average molecular weight is 615 g/mol. The Hall–Kier alpha value is -2.73. The van der Waals surface area contributed by atoms with Gasteiger partial charge < -0.3 is 30.3 Å². The zero-order chi connectivity index (χ0) is 25.9. The molecule has 0 fully saturated rings. The maximum absolute atomic E-state index is 9.72. The van der Waals surface area contributed by atoms with Crippen LogP contribution in [0, 0.1) is 0 Å². The van der Waals surface area contributed by atoms with Crippen molar-refractivity contribution < 1.29 is 37.0 Å². The van der Waals surface area contributed by atoms with E-state index in [4.69, 9.17) is 33.9 Å². The number of methoxy groups -OCH3 is 2. The van der Waals surface area contributed by atoms with Gasteiger partial charge in [-0.1, -0.05) is 12.1 Å². The number of phenols is 2. The summed E-state index contributed by atoms with van der Waals surface area (Å²) in [6.07, 6.45) is 2.98. The van der Waals surface area contributed by atoms with Crippen LogP contribution in [0.4, 0.5) is 0 Å². The van der Waals surface area contributed by atoms with Crippen LogP contribution in [0.1, 0.15) is 11.1 Å². The van der Waals surface area contributed by atoms with Gasteiger partial charge in [-0.2, -0.15) is 10.2 Å². The van der Waals surface area contributed by atoms with Crippen LogP contribution in [0.2, 0.25) is 0 Å². The van der Waals surface area contributed by atoms with E-state index >= 15 is 0 Å². The number of hydrogen-bond donors (Lipinski definition) is 6. The summed E-state index contributed by atoms with van der Waals surface area (Å²) in [5.41, 5.74) is 6.40. The van der Waals surface area contributed by atoms with Gasteiger partial charge in [0.2, 0.25) is 0 Å². The molecular formula is C20H26ClN6O4RuS2. The molecule has 0 atom stereocenters. The Morgan fingerprint density at radius 3 is 1.88 bits per heavy atom. The molecule has 0 aliphatic rings. The van der Waals surface area contributed by atoms with Gasteiger partial charge in [0.1, 0.15) is 0 Å². The first-order chi connectivity index (χ1) is 16.4. The fourth-order valence-corrected chi connectivity index (χ4v) is 2.21. The maximum atomic E-state index is 9.72. The third-order valence-corrected chi connectivity index (χ3v) is 4.26. The fourth-order valence-electron chi connectivity index (χ4n) is 2.11. The van der Waals surface area contributed by atoms with Crippen molar-refractivity contribution in [3.8, 4) is 23.0 Å². The molecule has 0 saturated carbocycles. The number of benzene rings is 2. The number of nitrogens with zero attached hydrogens (tertiary/aromatic N) is 2. The molecule has 0 amide bonds. The van der Waals surface area contributed by atoms with E-state index in [1.165, 1.54) is 26.6 Å². The minimum absolute atomic E-state index is 0.0472. The number of thiocarbonyl (C=S) groups is 2. The van der Waals surface area contributed by atoms with Gasteiger partial charge in [-0.25, -0.2) is 0 Å². The van der Waals surface area contributed by atoms with Gasteiger partial charge in [0.25, 0.3) is 0 Å². The van der Waals surface area contributed by atoms with E-state index in [2.05, 4.69) is 41.4 Å². The van der Waals surface area contributed by atoms with Crippen molar-refractivity contribution in [2.45, 2.75) is 0 Å². The Morgan fingerprint density at radius 2 is 1.38 bits per heavy atom. The molecule has 0 radical (unpaired) electrons. The van der Waals surface area contributed by atoms with E-state index in [1.54, 1.807) is 50.5 Å². The van der Waals surface area contributed by atoms with Gasteiger partial charge in [0, 0.05) is 25.2 Å². The molecular weight excluding hydrogens is 589 g/mol. The van der Waals surface area contributed by atoms with Crippen molar-refractivity contribution in [2.75, 3.05) is 28.3 Å². The fraction of sp³-hybridized carbons (Fsp3) is 0.200. The summed E-state index contributed by atoms with van der Waals surface area (Å²) in [5.74, 6) is 0.900. The molecule has 0 aliphatic carbocycles. The van der Waals surface area contributed by atoms with E-state index in [9.17, 15) is 10.2 Å². The first kappa shape index (κ1) is 31.3. The number of aromatic hydroxyl groups is 2. The zero-order valence-electron chi connectivity index (χ0n) is 18.8. The van der Waals surface area contributed by atoms with Crippen LogP contribution in [0.5, 0.6) is 23.0 Å². The summed E-state index contributed by atoms with van der Waals surface area (Å²) in [4.78, 5) is 0. The van der Waals surface area contributed by atoms with Gasteiger partial charge >= 0.3 is 27.0 Å². The van der Waals surface area contributed by atoms with Gasteiger partial charge in [-0.3, -0.25) is 10.9 Å². The van der Waals surface area contributed by atoms with Crippen molar-refractivity contribution in [1.29, 1.82) is 0 Å². The molecule has 2 rings (SSSR count). The number of para-hydroxylation sites is 2. The molecule has 2 aromatic carbocycles. The minimum atomic E-state index is 0.0472. The molecule has 14 heteroatoms. The van der Waals surface area contributed by atoms with Crippen molar-refractivity contribution in [2.24, 2.45) is 10.2 Å². The molecule has 0 heterocycles.